The third-order valence-electron chi connectivity index (χ3n) is 3.17. The van der Waals surface area contributed by atoms with Gasteiger partial charge in [-0.05, 0) is 43.9 Å². The highest BCUT2D eigenvalue weighted by Gasteiger charge is 2.20. The van der Waals surface area contributed by atoms with E-state index in [1.165, 1.54) is 16.2 Å². The van der Waals surface area contributed by atoms with Crippen LogP contribution in [0.5, 0.6) is 0 Å². The fraction of sp³-hybridized carbons (Fsp3) is 0.308. The number of thiazole rings is 1. The largest absolute Gasteiger partial charge is 0.263 e. The summed E-state index contributed by atoms with van der Waals surface area (Å²) in [5, 5.41) is 0.469. The van der Waals surface area contributed by atoms with E-state index in [1.807, 2.05) is 0 Å². The summed E-state index contributed by atoms with van der Waals surface area (Å²) in [7, 11) is -3.57. The highest BCUT2D eigenvalue weighted by molar-refractivity contribution is 9.10. The predicted molar refractivity (Wildman–Crippen MR) is 83.7 cm³/mol. The molecular formula is C13H13BrN2O2S2. The SMILES string of the molecule is O=S(=O)(Nc1nc2c(s1)CCCC2)c1cccc(Br)c1. The lowest BCUT2D eigenvalue weighted by Gasteiger charge is -2.06. The number of nitrogens with one attached hydrogen (secondary N) is 1. The van der Waals surface area contributed by atoms with Crippen LogP contribution in [0.2, 0.25) is 0 Å². The van der Waals surface area contributed by atoms with E-state index in [4.69, 9.17) is 0 Å². The smallest absolute Gasteiger partial charge is 0.255 e. The number of rotatable bonds is 3. The number of nitrogens with zero attached hydrogens (tertiary/aromatic N) is 1. The van der Waals surface area contributed by atoms with E-state index in [0.717, 1.165) is 35.8 Å². The van der Waals surface area contributed by atoms with Gasteiger partial charge in [0.15, 0.2) is 5.13 Å². The van der Waals surface area contributed by atoms with E-state index in [0.29, 0.717) is 5.13 Å². The molecule has 0 saturated heterocycles. The van der Waals surface area contributed by atoms with Gasteiger partial charge in [-0.1, -0.05) is 22.0 Å². The van der Waals surface area contributed by atoms with E-state index in [1.54, 1.807) is 24.3 Å². The van der Waals surface area contributed by atoms with Crippen molar-refractivity contribution in [2.24, 2.45) is 0 Å². The summed E-state index contributed by atoms with van der Waals surface area (Å²) in [6, 6.07) is 6.64. The van der Waals surface area contributed by atoms with Gasteiger partial charge in [-0.2, -0.15) is 0 Å². The molecule has 3 rings (SSSR count). The Kier molecular flexibility index (Phi) is 3.83. The zero-order valence-corrected chi connectivity index (χ0v) is 13.8. The molecule has 106 valence electrons. The Bertz CT molecular complexity index is 717. The average Bonchev–Trinajstić information content (AvgIpc) is 2.80. The van der Waals surface area contributed by atoms with E-state index in [9.17, 15) is 8.42 Å². The Morgan fingerprint density at radius 3 is 2.80 bits per heavy atom. The van der Waals surface area contributed by atoms with Crippen molar-refractivity contribution >= 4 is 42.4 Å². The molecule has 0 spiro atoms. The maximum absolute atomic E-state index is 12.3. The number of sulfonamides is 1. The number of halogens is 1. The Labute approximate surface area is 130 Å². The molecule has 1 aromatic heterocycles. The minimum atomic E-state index is -3.57. The van der Waals surface area contributed by atoms with Crippen molar-refractivity contribution in [1.29, 1.82) is 0 Å². The summed E-state index contributed by atoms with van der Waals surface area (Å²) in [6.45, 7) is 0. The van der Waals surface area contributed by atoms with Crippen molar-refractivity contribution < 1.29 is 8.42 Å². The third kappa shape index (κ3) is 2.89. The van der Waals surface area contributed by atoms with Crippen LogP contribution in [0.15, 0.2) is 33.6 Å². The number of hydrogen-bond donors (Lipinski definition) is 1. The summed E-state index contributed by atoms with van der Waals surface area (Å²) in [4.78, 5) is 5.85. The minimum absolute atomic E-state index is 0.236. The summed E-state index contributed by atoms with van der Waals surface area (Å²) >= 11 is 4.73. The molecule has 0 unspecified atom stereocenters. The Morgan fingerprint density at radius 2 is 2.05 bits per heavy atom. The maximum atomic E-state index is 12.3. The van der Waals surface area contributed by atoms with Crippen molar-refractivity contribution in [1.82, 2.24) is 4.98 Å². The lowest BCUT2D eigenvalue weighted by atomic mass is 10.0. The van der Waals surface area contributed by atoms with Gasteiger partial charge in [0.05, 0.1) is 10.6 Å². The summed E-state index contributed by atoms with van der Waals surface area (Å²) < 4.78 is 27.9. The lowest BCUT2D eigenvalue weighted by Crippen LogP contribution is -2.12. The van der Waals surface area contributed by atoms with Crippen LogP contribution < -0.4 is 4.72 Å². The van der Waals surface area contributed by atoms with E-state index < -0.39 is 10.0 Å². The Balaban J connectivity index is 1.88. The van der Waals surface area contributed by atoms with Crippen LogP contribution in [0.3, 0.4) is 0 Å². The summed E-state index contributed by atoms with van der Waals surface area (Å²) in [6.07, 6.45) is 4.25. The first-order chi connectivity index (χ1) is 9.54. The molecule has 0 aliphatic heterocycles. The van der Waals surface area contributed by atoms with Gasteiger partial charge in [-0.3, -0.25) is 4.72 Å². The molecule has 4 nitrogen and oxygen atoms in total. The number of anilines is 1. The normalized spacial score (nSPS) is 14.8. The van der Waals surface area contributed by atoms with E-state index in [-0.39, 0.29) is 4.90 Å². The quantitative estimate of drug-likeness (QED) is 0.895. The van der Waals surface area contributed by atoms with Crippen LogP contribution >= 0.6 is 27.3 Å². The molecule has 7 heteroatoms. The molecule has 1 aliphatic rings. The molecule has 0 bridgehead atoms. The van der Waals surface area contributed by atoms with Crippen molar-refractivity contribution in [3.8, 4) is 0 Å². The third-order valence-corrected chi connectivity index (χ3v) is 6.21. The summed E-state index contributed by atoms with van der Waals surface area (Å²) in [5.41, 5.74) is 1.05. The van der Waals surface area contributed by atoms with Crippen LogP contribution in [0.4, 0.5) is 5.13 Å². The molecule has 20 heavy (non-hydrogen) atoms. The number of aryl methyl sites for hydroxylation is 2. The standard InChI is InChI=1S/C13H13BrN2O2S2/c14-9-4-3-5-10(8-9)20(17,18)16-13-15-11-6-1-2-7-12(11)19-13/h3-5,8H,1-2,6-7H2,(H,15,16). The lowest BCUT2D eigenvalue weighted by molar-refractivity contribution is 0.601. The zero-order valence-electron chi connectivity index (χ0n) is 10.6. The topological polar surface area (TPSA) is 59.1 Å². The van der Waals surface area contributed by atoms with Gasteiger partial charge < -0.3 is 0 Å². The van der Waals surface area contributed by atoms with Crippen LogP contribution in [-0.2, 0) is 22.9 Å². The molecule has 1 aliphatic carbocycles. The number of benzene rings is 1. The number of hydrogen-bond acceptors (Lipinski definition) is 4. The molecule has 0 fully saturated rings. The van der Waals surface area contributed by atoms with Gasteiger partial charge in [0.1, 0.15) is 0 Å². The van der Waals surface area contributed by atoms with E-state index >= 15 is 0 Å². The van der Waals surface area contributed by atoms with Crippen LogP contribution in [0.1, 0.15) is 23.4 Å². The van der Waals surface area contributed by atoms with Crippen molar-refractivity contribution in [2.75, 3.05) is 4.72 Å². The van der Waals surface area contributed by atoms with Crippen molar-refractivity contribution in [3.05, 3.63) is 39.3 Å². The predicted octanol–water partition coefficient (Wildman–Crippen LogP) is 3.59. The zero-order chi connectivity index (χ0) is 14.2. The van der Waals surface area contributed by atoms with Gasteiger partial charge in [0, 0.05) is 9.35 Å². The van der Waals surface area contributed by atoms with Crippen LogP contribution in [0.25, 0.3) is 0 Å². The fourth-order valence-electron chi connectivity index (χ4n) is 2.20. The van der Waals surface area contributed by atoms with Gasteiger partial charge in [0.25, 0.3) is 10.0 Å². The summed E-state index contributed by atoms with van der Waals surface area (Å²) in [5.74, 6) is 0. The fourth-order valence-corrected chi connectivity index (χ4v) is 5.08. The van der Waals surface area contributed by atoms with Crippen molar-refractivity contribution in [2.45, 2.75) is 30.6 Å². The molecular weight excluding hydrogens is 360 g/mol. The monoisotopic (exact) mass is 372 g/mol. The molecule has 1 N–H and O–H groups in total. The molecule has 0 radical (unpaired) electrons. The van der Waals surface area contributed by atoms with Gasteiger partial charge in [-0.25, -0.2) is 13.4 Å². The maximum Gasteiger partial charge on any atom is 0.263 e. The first-order valence-corrected chi connectivity index (χ1v) is 9.41. The molecule has 0 atom stereocenters. The first-order valence-electron chi connectivity index (χ1n) is 6.31. The highest BCUT2D eigenvalue weighted by Crippen LogP contribution is 2.31. The van der Waals surface area contributed by atoms with Crippen molar-refractivity contribution in [3.63, 3.8) is 0 Å². The highest BCUT2D eigenvalue weighted by atomic mass is 79.9. The second kappa shape index (κ2) is 5.46. The van der Waals surface area contributed by atoms with Gasteiger partial charge >= 0.3 is 0 Å². The first kappa shape index (κ1) is 14.0. The van der Waals surface area contributed by atoms with Crippen LogP contribution in [-0.4, -0.2) is 13.4 Å². The molecule has 1 heterocycles. The van der Waals surface area contributed by atoms with Crippen LogP contribution in [0, 0.1) is 0 Å². The molecule has 1 aromatic carbocycles. The number of aromatic nitrogens is 1. The molecule has 0 amide bonds. The Hall–Kier alpha value is -0.920. The van der Waals surface area contributed by atoms with E-state index in [2.05, 4.69) is 25.6 Å². The van der Waals surface area contributed by atoms with Gasteiger partial charge in [-0.15, -0.1) is 11.3 Å². The second-order valence-electron chi connectivity index (χ2n) is 4.66. The average molecular weight is 373 g/mol. The number of fused-ring (bicyclic) bond motifs is 1. The second-order valence-corrected chi connectivity index (χ2v) is 8.34. The Morgan fingerprint density at radius 1 is 1.25 bits per heavy atom. The molecule has 2 aromatic rings. The molecule has 0 saturated carbocycles. The van der Waals surface area contributed by atoms with Gasteiger partial charge in [0.2, 0.25) is 0 Å². The minimum Gasteiger partial charge on any atom is -0.255 e.